The van der Waals surface area contributed by atoms with Crippen LogP contribution in [0.4, 0.5) is 0 Å². The zero-order valence-electron chi connectivity index (χ0n) is 10.7. The largest absolute Gasteiger partial charge is 0.340 e. The molecular weight excluding hydrogens is 246 g/mol. The predicted molar refractivity (Wildman–Crippen MR) is 75.5 cm³/mol. The molecule has 0 aliphatic rings. The van der Waals surface area contributed by atoms with Gasteiger partial charge in [0.1, 0.15) is 5.82 Å². The maximum Gasteiger partial charge on any atom is 0.126 e. The van der Waals surface area contributed by atoms with E-state index in [-0.39, 0.29) is 0 Å². The molecule has 0 amide bonds. The summed E-state index contributed by atoms with van der Waals surface area (Å²) in [6.07, 6.45) is 3.75. The molecule has 1 heterocycles. The number of H-pyrrole nitrogens is 1. The fraction of sp³-hybridized carbons (Fsp3) is 0.357. The Bertz CT molecular complexity index is 514. The van der Waals surface area contributed by atoms with Crippen molar-refractivity contribution in [3.05, 3.63) is 41.3 Å². The smallest absolute Gasteiger partial charge is 0.126 e. The van der Waals surface area contributed by atoms with Crippen LogP contribution in [0, 0.1) is 0 Å². The standard InChI is InChI=1S/C14H18ClN3/c1-3-8-14(2,16)13-17-9-12(18-13)10-4-6-11(15)7-5-10/h4-7,9H,3,8,16H2,1-2H3,(H,17,18). The Hall–Kier alpha value is -1.32. The molecule has 1 aromatic heterocycles. The number of halogens is 1. The summed E-state index contributed by atoms with van der Waals surface area (Å²) in [5, 5.41) is 0.730. The van der Waals surface area contributed by atoms with Crippen LogP contribution in [0.2, 0.25) is 5.02 Å². The van der Waals surface area contributed by atoms with Crippen molar-refractivity contribution < 1.29 is 0 Å². The second-order valence-corrected chi connectivity index (χ2v) is 5.26. The van der Waals surface area contributed by atoms with Gasteiger partial charge in [0, 0.05) is 5.02 Å². The number of nitrogens with two attached hydrogens (primary N) is 1. The van der Waals surface area contributed by atoms with Crippen molar-refractivity contribution in [3.8, 4) is 11.3 Å². The minimum absolute atomic E-state index is 0.403. The monoisotopic (exact) mass is 263 g/mol. The van der Waals surface area contributed by atoms with E-state index in [0.29, 0.717) is 0 Å². The van der Waals surface area contributed by atoms with Gasteiger partial charge in [-0.25, -0.2) is 4.98 Å². The number of imidazole rings is 1. The van der Waals surface area contributed by atoms with Gasteiger partial charge in [0.15, 0.2) is 0 Å². The van der Waals surface area contributed by atoms with Crippen LogP contribution in [-0.4, -0.2) is 9.97 Å². The van der Waals surface area contributed by atoms with Crippen LogP contribution in [0.1, 0.15) is 32.5 Å². The molecule has 1 aromatic carbocycles. The number of nitrogens with zero attached hydrogens (tertiary/aromatic N) is 1. The number of rotatable bonds is 4. The molecule has 0 saturated carbocycles. The van der Waals surface area contributed by atoms with Gasteiger partial charge in [0.2, 0.25) is 0 Å². The Balaban J connectivity index is 2.28. The van der Waals surface area contributed by atoms with Gasteiger partial charge >= 0.3 is 0 Å². The third-order valence-electron chi connectivity index (χ3n) is 3.04. The highest BCUT2D eigenvalue weighted by atomic mass is 35.5. The van der Waals surface area contributed by atoms with Crippen LogP contribution in [-0.2, 0) is 5.54 Å². The number of nitrogens with one attached hydrogen (secondary N) is 1. The zero-order valence-corrected chi connectivity index (χ0v) is 11.5. The van der Waals surface area contributed by atoms with Crippen LogP contribution in [0.5, 0.6) is 0 Å². The molecule has 4 heteroatoms. The second kappa shape index (κ2) is 5.12. The van der Waals surface area contributed by atoms with E-state index >= 15 is 0 Å². The lowest BCUT2D eigenvalue weighted by Crippen LogP contribution is -2.34. The SMILES string of the molecule is CCCC(C)(N)c1ncc(-c2ccc(Cl)cc2)[nH]1. The minimum atomic E-state index is -0.403. The second-order valence-electron chi connectivity index (χ2n) is 4.82. The number of hydrogen-bond acceptors (Lipinski definition) is 2. The van der Waals surface area contributed by atoms with Crippen LogP contribution in [0.25, 0.3) is 11.3 Å². The van der Waals surface area contributed by atoms with E-state index in [0.717, 1.165) is 34.9 Å². The summed E-state index contributed by atoms with van der Waals surface area (Å²) in [5.41, 5.74) is 7.87. The van der Waals surface area contributed by atoms with E-state index in [1.165, 1.54) is 0 Å². The van der Waals surface area contributed by atoms with Crippen molar-refractivity contribution in [1.82, 2.24) is 9.97 Å². The highest BCUT2D eigenvalue weighted by Gasteiger charge is 2.23. The highest BCUT2D eigenvalue weighted by Crippen LogP contribution is 2.24. The van der Waals surface area contributed by atoms with E-state index in [1.54, 1.807) is 0 Å². The van der Waals surface area contributed by atoms with Crippen molar-refractivity contribution >= 4 is 11.6 Å². The van der Waals surface area contributed by atoms with E-state index in [9.17, 15) is 0 Å². The molecule has 0 spiro atoms. The summed E-state index contributed by atoms with van der Waals surface area (Å²) in [5.74, 6) is 0.828. The third kappa shape index (κ3) is 2.74. The first-order chi connectivity index (χ1) is 8.53. The Kier molecular flexibility index (Phi) is 3.73. The molecule has 0 aliphatic carbocycles. The molecule has 3 nitrogen and oxygen atoms in total. The first kappa shape index (κ1) is 13.1. The molecule has 0 radical (unpaired) electrons. The van der Waals surface area contributed by atoms with Gasteiger partial charge in [0.25, 0.3) is 0 Å². The molecule has 3 N–H and O–H groups in total. The van der Waals surface area contributed by atoms with E-state index in [2.05, 4.69) is 16.9 Å². The van der Waals surface area contributed by atoms with Gasteiger partial charge in [-0.1, -0.05) is 37.1 Å². The van der Waals surface area contributed by atoms with Crippen molar-refractivity contribution in [2.45, 2.75) is 32.2 Å². The van der Waals surface area contributed by atoms with E-state index in [1.807, 2.05) is 37.4 Å². The first-order valence-corrected chi connectivity index (χ1v) is 6.51. The van der Waals surface area contributed by atoms with Gasteiger partial charge in [-0.05, 0) is 31.0 Å². The molecule has 96 valence electrons. The number of aromatic amines is 1. The molecule has 0 fully saturated rings. The zero-order chi connectivity index (χ0) is 13.2. The van der Waals surface area contributed by atoms with Crippen molar-refractivity contribution in [2.75, 3.05) is 0 Å². The molecule has 1 unspecified atom stereocenters. The average Bonchev–Trinajstić information content (AvgIpc) is 2.80. The average molecular weight is 264 g/mol. The summed E-state index contributed by atoms with van der Waals surface area (Å²) >= 11 is 5.87. The lowest BCUT2D eigenvalue weighted by atomic mass is 9.97. The molecule has 1 atom stereocenters. The fourth-order valence-corrected chi connectivity index (χ4v) is 2.15. The lowest BCUT2D eigenvalue weighted by Gasteiger charge is -2.21. The fourth-order valence-electron chi connectivity index (χ4n) is 2.03. The van der Waals surface area contributed by atoms with Gasteiger partial charge < -0.3 is 10.7 Å². The molecule has 2 rings (SSSR count). The van der Waals surface area contributed by atoms with Gasteiger partial charge in [-0.15, -0.1) is 0 Å². The molecule has 0 aliphatic heterocycles. The summed E-state index contributed by atoms with van der Waals surface area (Å²) in [7, 11) is 0. The lowest BCUT2D eigenvalue weighted by molar-refractivity contribution is 0.423. The number of aromatic nitrogens is 2. The number of benzene rings is 1. The quantitative estimate of drug-likeness (QED) is 0.884. The van der Waals surface area contributed by atoms with Crippen molar-refractivity contribution in [2.24, 2.45) is 5.73 Å². The Labute approximate surface area is 112 Å². The normalized spacial score (nSPS) is 14.4. The minimum Gasteiger partial charge on any atom is -0.340 e. The third-order valence-corrected chi connectivity index (χ3v) is 3.29. The molecule has 0 saturated heterocycles. The molecule has 2 aromatic rings. The van der Waals surface area contributed by atoms with Crippen molar-refractivity contribution in [3.63, 3.8) is 0 Å². The Morgan fingerprint density at radius 2 is 2.00 bits per heavy atom. The summed E-state index contributed by atoms with van der Waals surface area (Å²) in [4.78, 5) is 7.69. The maximum absolute atomic E-state index is 6.25. The van der Waals surface area contributed by atoms with Gasteiger partial charge in [0.05, 0.1) is 17.4 Å². The Morgan fingerprint density at radius 1 is 1.33 bits per heavy atom. The summed E-state index contributed by atoms with van der Waals surface area (Å²) in [6, 6.07) is 7.66. The van der Waals surface area contributed by atoms with Gasteiger partial charge in [-0.3, -0.25) is 0 Å². The molecule has 18 heavy (non-hydrogen) atoms. The topological polar surface area (TPSA) is 54.7 Å². The van der Waals surface area contributed by atoms with Crippen LogP contribution in [0.15, 0.2) is 30.5 Å². The molecular formula is C14H18ClN3. The van der Waals surface area contributed by atoms with Crippen LogP contribution >= 0.6 is 11.6 Å². The summed E-state index contributed by atoms with van der Waals surface area (Å²) < 4.78 is 0. The maximum atomic E-state index is 6.25. The van der Waals surface area contributed by atoms with Crippen LogP contribution < -0.4 is 5.73 Å². The van der Waals surface area contributed by atoms with E-state index < -0.39 is 5.54 Å². The van der Waals surface area contributed by atoms with Crippen LogP contribution in [0.3, 0.4) is 0 Å². The molecule has 0 bridgehead atoms. The van der Waals surface area contributed by atoms with Crippen molar-refractivity contribution in [1.29, 1.82) is 0 Å². The number of hydrogen-bond donors (Lipinski definition) is 2. The summed E-state index contributed by atoms with van der Waals surface area (Å²) in [6.45, 7) is 4.12. The van der Waals surface area contributed by atoms with E-state index in [4.69, 9.17) is 17.3 Å². The predicted octanol–water partition coefficient (Wildman–Crippen LogP) is 3.70. The highest BCUT2D eigenvalue weighted by molar-refractivity contribution is 6.30. The Morgan fingerprint density at radius 3 is 2.61 bits per heavy atom. The van der Waals surface area contributed by atoms with Gasteiger partial charge in [-0.2, -0.15) is 0 Å². The first-order valence-electron chi connectivity index (χ1n) is 6.13.